The minimum Gasteiger partial charge on any atom is -0.0626 e. The van der Waals surface area contributed by atoms with Crippen LogP contribution in [0.25, 0.3) is 0 Å². The van der Waals surface area contributed by atoms with Gasteiger partial charge in [0.25, 0.3) is 0 Å². The summed E-state index contributed by atoms with van der Waals surface area (Å²) in [4.78, 5) is 0. The lowest BCUT2D eigenvalue weighted by Crippen LogP contribution is -2.67. The summed E-state index contributed by atoms with van der Waals surface area (Å²) in [5.74, 6) is 2.64. The van der Waals surface area contributed by atoms with Gasteiger partial charge in [0.15, 0.2) is 0 Å². The van der Waals surface area contributed by atoms with E-state index in [-0.39, 0.29) is 0 Å². The molecule has 2 aliphatic carbocycles. The van der Waals surface area contributed by atoms with Crippen molar-refractivity contribution >= 4 is 18.4 Å². The van der Waals surface area contributed by atoms with Crippen LogP contribution >= 0.6 is 0 Å². The number of hydrogen-bond acceptors (Lipinski definition) is 0. The topological polar surface area (TPSA) is 0 Å². The molecule has 0 radical (unpaired) electrons. The average Bonchev–Trinajstić information content (AvgIpc) is 3.37. The van der Waals surface area contributed by atoms with Crippen molar-refractivity contribution in [2.75, 3.05) is 0 Å². The van der Waals surface area contributed by atoms with Crippen molar-refractivity contribution in [3.8, 4) is 0 Å². The molecule has 0 nitrogen and oxygen atoms in total. The van der Waals surface area contributed by atoms with Gasteiger partial charge in [-0.25, -0.2) is 0 Å². The fourth-order valence-corrected chi connectivity index (χ4v) is 13.5. The molecule has 6 rings (SSSR count). The smallest absolute Gasteiger partial charge is 0.0626 e. The first-order valence-electron chi connectivity index (χ1n) is 10.6. The van der Waals surface area contributed by atoms with E-state index >= 15 is 0 Å². The molecule has 0 saturated heterocycles. The highest BCUT2D eigenvalue weighted by molar-refractivity contribution is 7.03. The Bertz CT molecular complexity index is 922. The summed E-state index contributed by atoms with van der Waals surface area (Å²) in [6.07, 6.45) is 4.38. The number of hydrogen-bond donors (Lipinski definition) is 0. The molecule has 0 unspecified atom stereocenters. The molecular weight excluding hydrogens is 340 g/mol. The zero-order chi connectivity index (χ0) is 17.8. The predicted molar refractivity (Wildman–Crippen MR) is 115 cm³/mol. The molecule has 2 bridgehead atoms. The standard InChI is InChI=1S/C26H26Si/c1-3-10-22(11-4-1)27(23-12-5-2-6-13-23)18-21-9-7-8-14-24(21)25-19-15-16-20(17-19)26(25)27/h1-14,19-20,25-26H,15-18H2/t19-,20+,25-,26-/m0/s1. The molecule has 1 heteroatoms. The third-order valence-corrected chi connectivity index (χ3v) is 13.6. The molecule has 4 atom stereocenters. The van der Waals surface area contributed by atoms with Crippen LogP contribution in [-0.4, -0.2) is 8.07 Å². The second kappa shape index (κ2) is 5.94. The number of benzene rings is 3. The molecule has 0 aromatic heterocycles. The molecule has 3 aliphatic rings. The van der Waals surface area contributed by atoms with Gasteiger partial charge in [-0.3, -0.25) is 0 Å². The average molecular weight is 367 g/mol. The Morgan fingerprint density at radius 1 is 0.630 bits per heavy atom. The van der Waals surface area contributed by atoms with E-state index in [2.05, 4.69) is 84.9 Å². The van der Waals surface area contributed by atoms with Gasteiger partial charge in [0, 0.05) is 0 Å². The quantitative estimate of drug-likeness (QED) is 0.564. The van der Waals surface area contributed by atoms with E-state index in [0.717, 1.165) is 23.3 Å². The predicted octanol–water partition coefficient (Wildman–Crippen LogP) is 4.93. The first kappa shape index (κ1) is 15.9. The molecule has 3 aromatic carbocycles. The summed E-state index contributed by atoms with van der Waals surface area (Å²) in [5.41, 5.74) is 4.21. The fourth-order valence-electron chi connectivity index (χ4n) is 7.11. The maximum absolute atomic E-state index is 2.46. The van der Waals surface area contributed by atoms with Crippen LogP contribution in [-0.2, 0) is 6.04 Å². The molecule has 2 saturated carbocycles. The lowest BCUT2D eigenvalue weighted by Gasteiger charge is -2.50. The van der Waals surface area contributed by atoms with Crippen molar-refractivity contribution in [2.24, 2.45) is 11.8 Å². The summed E-state index contributed by atoms with van der Waals surface area (Å²) < 4.78 is 0. The molecular formula is C26H26Si. The molecule has 2 fully saturated rings. The van der Waals surface area contributed by atoms with Gasteiger partial charge >= 0.3 is 0 Å². The Kier molecular flexibility index (Phi) is 3.49. The van der Waals surface area contributed by atoms with Crippen LogP contribution in [0.1, 0.15) is 36.3 Å². The Labute approximate surface area is 163 Å². The summed E-state index contributed by atoms with van der Waals surface area (Å²) >= 11 is 0. The molecule has 1 aliphatic heterocycles. The molecule has 0 amide bonds. The summed E-state index contributed by atoms with van der Waals surface area (Å²) in [7, 11) is -1.87. The van der Waals surface area contributed by atoms with Gasteiger partial charge in [-0.1, -0.05) is 102 Å². The van der Waals surface area contributed by atoms with E-state index in [9.17, 15) is 0 Å². The van der Waals surface area contributed by atoms with Crippen LogP contribution in [0.4, 0.5) is 0 Å². The van der Waals surface area contributed by atoms with Crippen LogP contribution in [0.3, 0.4) is 0 Å². The molecule has 3 aromatic rings. The van der Waals surface area contributed by atoms with Gasteiger partial charge in [0.05, 0.1) is 0 Å². The van der Waals surface area contributed by atoms with Crippen LogP contribution in [0.5, 0.6) is 0 Å². The van der Waals surface area contributed by atoms with Crippen molar-refractivity contribution in [3.63, 3.8) is 0 Å². The van der Waals surface area contributed by atoms with Crippen LogP contribution in [0.15, 0.2) is 84.9 Å². The van der Waals surface area contributed by atoms with Crippen molar-refractivity contribution < 1.29 is 0 Å². The zero-order valence-corrected chi connectivity index (χ0v) is 16.7. The largest absolute Gasteiger partial charge is 0.126 e. The van der Waals surface area contributed by atoms with Crippen molar-refractivity contribution in [3.05, 3.63) is 96.1 Å². The second-order valence-electron chi connectivity index (χ2n) is 8.96. The van der Waals surface area contributed by atoms with E-state index < -0.39 is 8.07 Å². The van der Waals surface area contributed by atoms with Gasteiger partial charge < -0.3 is 0 Å². The van der Waals surface area contributed by atoms with Gasteiger partial charge in [-0.2, -0.15) is 0 Å². The summed E-state index contributed by atoms with van der Waals surface area (Å²) in [6.45, 7) is 0. The third-order valence-electron chi connectivity index (χ3n) is 7.95. The Morgan fingerprint density at radius 2 is 1.22 bits per heavy atom. The maximum Gasteiger partial charge on any atom is 0.126 e. The van der Waals surface area contributed by atoms with E-state index in [1.54, 1.807) is 21.5 Å². The van der Waals surface area contributed by atoms with Crippen molar-refractivity contribution in [2.45, 2.75) is 36.8 Å². The van der Waals surface area contributed by atoms with E-state index in [1.165, 1.54) is 25.3 Å². The molecule has 1 heterocycles. The van der Waals surface area contributed by atoms with E-state index in [1.807, 2.05) is 0 Å². The molecule has 134 valence electrons. The third kappa shape index (κ3) is 2.15. The normalized spacial score (nSPS) is 29.9. The monoisotopic (exact) mass is 366 g/mol. The van der Waals surface area contributed by atoms with Crippen LogP contribution in [0, 0.1) is 11.8 Å². The Morgan fingerprint density at radius 3 is 1.93 bits per heavy atom. The lowest BCUT2D eigenvalue weighted by molar-refractivity contribution is 0.404. The van der Waals surface area contributed by atoms with E-state index in [4.69, 9.17) is 0 Å². The van der Waals surface area contributed by atoms with Gasteiger partial charge in [0.1, 0.15) is 8.07 Å². The van der Waals surface area contributed by atoms with Crippen molar-refractivity contribution in [1.29, 1.82) is 0 Å². The Hall–Kier alpha value is -2.12. The first-order valence-corrected chi connectivity index (χ1v) is 12.9. The number of rotatable bonds is 2. The SMILES string of the molecule is c1ccc([Si]2(c3ccccc3)Cc3ccccc3[C@@H]3[C@H]4CC[C@H](C4)[C@@H]32)cc1. The molecule has 0 N–H and O–H groups in total. The summed E-state index contributed by atoms with van der Waals surface area (Å²) in [6, 6.07) is 34.0. The second-order valence-corrected chi connectivity index (χ2v) is 13.1. The minimum atomic E-state index is -1.87. The highest BCUT2D eigenvalue weighted by atomic mass is 28.3. The zero-order valence-electron chi connectivity index (χ0n) is 15.7. The minimum absolute atomic E-state index is 0.792. The molecule has 0 spiro atoms. The van der Waals surface area contributed by atoms with Crippen LogP contribution < -0.4 is 10.4 Å². The van der Waals surface area contributed by atoms with Crippen molar-refractivity contribution in [1.82, 2.24) is 0 Å². The highest BCUT2D eigenvalue weighted by Gasteiger charge is 2.61. The Balaban J connectivity index is 1.66. The van der Waals surface area contributed by atoms with Gasteiger partial charge in [-0.05, 0) is 53.3 Å². The highest BCUT2D eigenvalue weighted by Crippen LogP contribution is 2.65. The lowest BCUT2D eigenvalue weighted by atomic mass is 9.80. The molecule has 27 heavy (non-hydrogen) atoms. The van der Waals surface area contributed by atoms with Gasteiger partial charge in [0.2, 0.25) is 0 Å². The van der Waals surface area contributed by atoms with Crippen LogP contribution in [0.2, 0.25) is 5.54 Å². The number of fused-ring (bicyclic) bond motifs is 7. The summed E-state index contributed by atoms with van der Waals surface area (Å²) in [5, 5.41) is 3.32. The maximum atomic E-state index is 2.46. The van der Waals surface area contributed by atoms with E-state index in [0.29, 0.717) is 0 Å². The first-order chi connectivity index (χ1) is 13.4. The van der Waals surface area contributed by atoms with Gasteiger partial charge in [-0.15, -0.1) is 0 Å². The fraction of sp³-hybridized carbons (Fsp3) is 0.308.